The molecule has 2 aliphatic carbocycles. The first kappa shape index (κ1) is 21.3. The van der Waals surface area contributed by atoms with Gasteiger partial charge in [-0.2, -0.15) is 19.1 Å². The summed E-state index contributed by atoms with van der Waals surface area (Å²) >= 11 is 0. The minimum absolute atomic E-state index is 0.0218. The van der Waals surface area contributed by atoms with Crippen molar-refractivity contribution in [2.45, 2.75) is 50.4 Å². The Kier molecular flexibility index (Phi) is 4.40. The number of benzene rings is 1. The van der Waals surface area contributed by atoms with E-state index in [1.807, 2.05) is 0 Å². The number of rotatable bonds is 4. The van der Waals surface area contributed by atoms with Crippen LogP contribution in [0.1, 0.15) is 75.3 Å². The molecule has 0 radical (unpaired) electrons. The predicted octanol–water partition coefficient (Wildman–Crippen LogP) is 3.96. The van der Waals surface area contributed by atoms with E-state index in [1.54, 1.807) is 13.0 Å². The molecule has 0 spiro atoms. The van der Waals surface area contributed by atoms with Gasteiger partial charge < -0.3 is 14.7 Å². The highest BCUT2D eigenvalue weighted by molar-refractivity contribution is 5.98. The van der Waals surface area contributed by atoms with E-state index in [9.17, 15) is 23.9 Å². The van der Waals surface area contributed by atoms with Gasteiger partial charge in [-0.15, -0.1) is 0 Å². The Hall–Kier alpha value is -4.50. The summed E-state index contributed by atoms with van der Waals surface area (Å²) in [7, 11) is 0. The number of hydrogen-bond acceptors (Lipinski definition) is 8. The van der Waals surface area contributed by atoms with Crippen LogP contribution in [0.5, 0.6) is 5.75 Å². The van der Waals surface area contributed by atoms with Crippen molar-refractivity contribution < 1.29 is 27.5 Å². The van der Waals surface area contributed by atoms with E-state index >= 15 is 0 Å². The molecule has 1 amide bonds. The molecule has 1 aliphatic heterocycles. The Bertz CT molecular complexity index is 1850. The van der Waals surface area contributed by atoms with Crippen LogP contribution in [0.2, 0.25) is 0 Å². The molecule has 0 unspecified atom stereocenters. The fourth-order valence-corrected chi connectivity index (χ4v) is 6.43. The van der Waals surface area contributed by atoms with Gasteiger partial charge in [-0.05, 0) is 31.5 Å². The number of carbonyl (C=O) groups is 1. The Morgan fingerprint density at radius 1 is 1.25 bits per heavy atom. The van der Waals surface area contributed by atoms with Gasteiger partial charge in [0.1, 0.15) is 17.7 Å². The van der Waals surface area contributed by atoms with Gasteiger partial charge in [0.2, 0.25) is 0 Å². The van der Waals surface area contributed by atoms with Crippen LogP contribution in [0.3, 0.4) is 0 Å². The molecule has 1 fully saturated rings. The van der Waals surface area contributed by atoms with Crippen molar-refractivity contribution in [3.63, 3.8) is 0 Å². The summed E-state index contributed by atoms with van der Waals surface area (Å²) in [4.78, 5) is 27.5. The third-order valence-corrected chi connectivity index (χ3v) is 8.11. The smallest absolute Gasteiger partial charge is 0.387 e. The van der Waals surface area contributed by atoms with E-state index in [1.165, 1.54) is 41.4 Å². The highest BCUT2D eigenvalue weighted by Gasteiger charge is 2.54. The molecule has 4 aromatic rings. The maximum absolute atomic E-state index is 13.6. The van der Waals surface area contributed by atoms with E-state index in [4.69, 9.17) is 8.85 Å². The van der Waals surface area contributed by atoms with E-state index in [0.717, 1.165) is 4.90 Å². The van der Waals surface area contributed by atoms with Gasteiger partial charge in [0, 0.05) is 64.5 Å². The van der Waals surface area contributed by atoms with Crippen LogP contribution >= 0.6 is 0 Å². The molecule has 1 saturated carbocycles. The molecule has 40 heavy (non-hydrogen) atoms. The number of alkyl halides is 2. The van der Waals surface area contributed by atoms with Gasteiger partial charge >= 0.3 is 6.61 Å². The maximum Gasteiger partial charge on any atom is 0.387 e. The zero-order valence-corrected chi connectivity index (χ0v) is 21.0. The predicted molar refractivity (Wildman–Crippen MR) is 135 cm³/mol. The minimum atomic E-state index is -3.16. The molecule has 4 heterocycles. The average Bonchev–Trinajstić information content (AvgIpc) is 3.44. The summed E-state index contributed by atoms with van der Waals surface area (Å²) in [6.07, 6.45) is 5.02. The first-order valence-electron chi connectivity index (χ1n) is 14.1. The molecule has 1 aromatic carbocycles. The van der Waals surface area contributed by atoms with E-state index in [-0.39, 0.29) is 42.0 Å². The summed E-state index contributed by atoms with van der Waals surface area (Å²) < 4.78 is 57.6. The lowest BCUT2D eigenvalue weighted by molar-refractivity contribution is -0.109. The van der Waals surface area contributed by atoms with Gasteiger partial charge in [0.15, 0.2) is 5.82 Å². The Morgan fingerprint density at radius 3 is 2.73 bits per heavy atom. The van der Waals surface area contributed by atoms with Gasteiger partial charge in [-0.25, -0.2) is 19.5 Å². The second-order valence-electron chi connectivity index (χ2n) is 10.8. The number of nitrogens with zero attached hydrogens (tertiary/aromatic N) is 7. The van der Waals surface area contributed by atoms with Gasteiger partial charge in [-0.3, -0.25) is 4.79 Å². The third kappa shape index (κ3) is 3.43. The average molecular weight is 547 g/mol. The summed E-state index contributed by atoms with van der Waals surface area (Å²) in [6.45, 7) is -4.22. The normalized spacial score (nSPS) is 28.1. The first-order valence-corrected chi connectivity index (χ1v) is 12.6. The lowest BCUT2D eigenvalue weighted by atomic mass is 9.60. The first-order chi connectivity index (χ1) is 20.3. The van der Waals surface area contributed by atoms with Crippen molar-refractivity contribution in [3.05, 3.63) is 71.2 Å². The Balaban J connectivity index is 1.34. The van der Waals surface area contributed by atoms with Crippen LogP contribution in [0.4, 0.5) is 8.78 Å². The van der Waals surface area contributed by atoms with Crippen molar-refractivity contribution in [2.75, 3.05) is 6.98 Å². The number of nitriles is 1. The molecule has 3 aliphatic rings. The van der Waals surface area contributed by atoms with Crippen molar-refractivity contribution in [2.24, 2.45) is 5.41 Å². The molecule has 10 nitrogen and oxygen atoms in total. The van der Waals surface area contributed by atoms with E-state index in [0.29, 0.717) is 28.0 Å². The maximum atomic E-state index is 13.6. The molecule has 202 valence electrons. The van der Waals surface area contributed by atoms with Crippen molar-refractivity contribution >= 4 is 11.4 Å². The summed E-state index contributed by atoms with van der Waals surface area (Å²) in [5, 5.41) is 24.8. The topological polar surface area (TPSA) is 130 Å². The summed E-state index contributed by atoms with van der Waals surface area (Å²) in [5.41, 5.74) is 0.660. The molecule has 2 bridgehead atoms. The third-order valence-electron chi connectivity index (χ3n) is 8.11. The summed E-state index contributed by atoms with van der Waals surface area (Å²) in [6, 6.07) is 7.10. The lowest BCUT2D eigenvalue weighted by Gasteiger charge is -2.46. The number of amides is 1. The molecule has 3 aromatic heterocycles. The van der Waals surface area contributed by atoms with Crippen molar-refractivity contribution in [1.82, 2.24) is 29.5 Å². The standard InChI is InChI=1S/C28H23F2N7O3/c1-27(12-31)10-28(39,11-27)25-32-8-14(9-33-25)17-7-18-22-16-6-19(23(22)35-37(18)13-34-17)36(2)24(38)15-4-3-5-20(21(15)16)40-26(29)30/h3-5,7-9,13,16,19,26,39H,6,10-11H2,1-2H3/t16-,19-,27?,28?/m1/s1/i2D3. The number of fused-ring (bicyclic) bond motifs is 9. The molecule has 7 rings (SSSR count). The number of hydrogen-bond donors (Lipinski definition) is 1. The summed E-state index contributed by atoms with van der Waals surface area (Å²) in [5.74, 6) is -1.49. The number of halogens is 2. The van der Waals surface area contributed by atoms with Gasteiger partial charge in [0.05, 0.1) is 34.4 Å². The van der Waals surface area contributed by atoms with Crippen LogP contribution in [-0.2, 0) is 5.60 Å². The largest absolute Gasteiger partial charge is 0.434 e. The lowest BCUT2D eigenvalue weighted by Crippen LogP contribution is -2.48. The van der Waals surface area contributed by atoms with Crippen molar-refractivity contribution in [1.29, 1.82) is 5.26 Å². The molecule has 0 saturated heterocycles. The zero-order chi connectivity index (χ0) is 30.5. The van der Waals surface area contributed by atoms with Crippen LogP contribution < -0.4 is 4.74 Å². The molecular formula is C28H23F2N7O3. The quantitative estimate of drug-likeness (QED) is 0.407. The molecular weight excluding hydrogens is 520 g/mol. The van der Waals surface area contributed by atoms with E-state index < -0.39 is 42.5 Å². The second kappa shape index (κ2) is 8.25. The second-order valence-corrected chi connectivity index (χ2v) is 10.8. The Morgan fingerprint density at radius 2 is 2.02 bits per heavy atom. The van der Waals surface area contributed by atoms with Crippen LogP contribution in [-0.4, -0.2) is 54.1 Å². The van der Waals surface area contributed by atoms with Crippen LogP contribution in [0.15, 0.2) is 43.0 Å². The van der Waals surface area contributed by atoms with Crippen molar-refractivity contribution in [3.8, 4) is 23.1 Å². The monoisotopic (exact) mass is 546 g/mol. The highest BCUT2D eigenvalue weighted by atomic mass is 19.3. The highest BCUT2D eigenvalue weighted by Crippen LogP contribution is 2.54. The number of aliphatic hydroxyl groups is 1. The molecule has 1 N–H and O–H groups in total. The number of carbonyl (C=O) groups excluding carboxylic acids is 1. The minimum Gasteiger partial charge on any atom is -0.434 e. The number of aromatic nitrogens is 5. The SMILES string of the molecule is [2H]C([2H])([2H])N1C(=O)c2cccc(OC(F)F)c2[C@H]2C[C@@H]1c1nn3cnc(-c4cnc(C5(O)CC(C)(C#N)C5)nc4)cc3c12. The van der Waals surface area contributed by atoms with E-state index in [2.05, 4.69) is 26.1 Å². The fraction of sp³-hybridized carbons (Fsp3) is 0.357. The Labute approximate surface area is 231 Å². The molecule has 2 atom stereocenters. The fourth-order valence-electron chi connectivity index (χ4n) is 6.43. The number of ether oxygens (including phenoxy) is 1. The van der Waals surface area contributed by atoms with Crippen LogP contribution in [0.25, 0.3) is 16.8 Å². The van der Waals surface area contributed by atoms with Gasteiger partial charge in [0.25, 0.3) is 5.91 Å². The zero-order valence-electron chi connectivity index (χ0n) is 24.0. The van der Waals surface area contributed by atoms with Gasteiger partial charge in [-0.1, -0.05) is 6.07 Å². The molecule has 12 heteroatoms. The van der Waals surface area contributed by atoms with Crippen LogP contribution in [0, 0.1) is 16.7 Å².